The van der Waals surface area contributed by atoms with Gasteiger partial charge in [-0.25, -0.2) is 4.98 Å². The van der Waals surface area contributed by atoms with Gasteiger partial charge < -0.3 is 9.72 Å². The van der Waals surface area contributed by atoms with E-state index in [2.05, 4.69) is 27.0 Å². The predicted molar refractivity (Wildman–Crippen MR) is 97.7 cm³/mol. The molecule has 1 aromatic heterocycles. The van der Waals surface area contributed by atoms with Crippen LogP contribution in [0.2, 0.25) is 0 Å². The van der Waals surface area contributed by atoms with Gasteiger partial charge in [0.15, 0.2) is 0 Å². The molecule has 1 aliphatic heterocycles. The van der Waals surface area contributed by atoms with Gasteiger partial charge in [0.2, 0.25) is 0 Å². The van der Waals surface area contributed by atoms with E-state index in [4.69, 9.17) is 4.74 Å². The van der Waals surface area contributed by atoms with Gasteiger partial charge in [-0.2, -0.15) is 0 Å². The van der Waals surface area contributed by atoms with E-state index in [1.807, 2.05) is 30.3 Å². The lowest BCUT2D eigenvalue weighted by atomic mass is 10.0. The minimum Gasteiger partial charge on any atom is -0.497 e. The summed E-state index contributed by atoms with van der Waals surface area (Å²) in [5, 5.41) is 0.636. The third kappa shape index (κ3) is 3.15. The number of fused-ring (bicyclic) bond motifs is 1. The van der Waals surface area contributed by atoms with Gasteiger partial charge in [0.05, 0.1) is 24.6 Å². The summed E-state index contributed by atoms with van der Waals surface area (Å²) in [6, 6.07) is 16.0. The fourth-order valence-corrected chi connectivity index (χ4v) is 3.64. The van der Waals surface area contributed by atoms with Crippen LogP contribution in [-0.4, -0.2) is 28.5 Å². The van der Waals surface area contributed by atoms with E-state index in [0.29, 0.717) is 18.0 Å². The third-order valence-corrected chi connectivity index (χ3v) is 4.86. The van der Waals surface area contributed by atoms with Gasteiger partial charge >= 0.3 is 0 Å². The topological polar surface area (TPSA) is 58.2 Å². The monoisotopic (exact) mass is 335 g/mol. The summed E-state index contributed by atoms with van der Waals surface area (Å²) < 4.78 is 5.35. The van der Waals surface area contributed by atoms with E-state index in [1.54, 1.807) is 13.2 Å². The van der Waals surface area contributed by atoms with E-state index in [0.717, 1.165) is 36.5 Å². The maximum atomic E-state index is 12.3. The zero-order valence-electron chi connectivity index (χ0n) is 14.2. The van der Waals surface area contributed by atoms with Gasteiger partial charge in [-0.1, -0.05) is 24.3 Å². The smallest absolute Gasteiger partial charge is 0.258 e. The van der Waals surface area contributed by atoms with Gasteiger partial charge in [0.25, 0.3) is 5.56 Å². The first-order valence-corrected chi connectivity index (χ1v) is 8.60. The number of aromatic nitrogens is 2. The highest BCUT2D eigenvalue weighted by molar-refractivity contribution is 5.77. The van der Waals surface area contributed by atoms with Crippen molar-refractivity contribution in [2.45, 2.75) is 25.4 Å². The minimum absolute atomic E-state index is 0.0715. The molecule has 0 aliphatic carbocycles. The minimum atomic E-state index is -0.0715. The SMILES string of the molecule is COc1cccc([C@@H]2CCCN2Cc2nc3ccccc3c(=O)[nH]2)c1. The molecule has 1 atom stereocenters. The van der Waals surface area contributed by atoms with Crippen molar-refractivity contribution in [1.82, 2.24) is 14.9 Å². The van der Waals surface area contributed by atoms with Gasteiger partial charge in [-0.3, -0.25) is 9.69 Å². The number of likely N-dealkylation sites (tertiary alicyclic amines) is 1. The number of ether oxygens (including phenoxy) is 1. The molecule has 5 nitrogen and oxygen atoms in total. The maximum absolute atomic E-state index is 12.3. The molecule has 0 radical (unpaired) electrons. The molecule has 1 fully saturated rings. The van der Waals surface area contributed by atoms with Gasteiger partial charge in [0.1, 0.15) is 11.6 Å². The number of nitrogens with zero attached hydrogens (tertiary/aromatic N) is 2. The van der Waals surface area contributed by atoms with E-state index >= 15 is 0 Å². The lowest BCUT2D eigenvalue weighted by Gasteiger charge is -2.24. The normalized spacial score (nSPS) is 17.9. The predicted octanol–water partition coefficient (Wildman–Crippen LogP) is 3.27. The molecule has 3 aromatic rings. The number of hydrogen-bond donors (Lipinski definition) is 1. The molecular formula is C20H21N3O2. The largest absolute Gasteiger partial charge is 0.497 e. The van der Waals surface area contributed by atoms with Crippen molar-refractivity contribution in [3.63, 3.8) is 0 Å². The van der Waals surface area contributed by atoms with Crippen LogP contribution in [0, 0.1) is 0 Å². The number of methoxy groups -OCH3 is 1. The number of rotatable bonds is 4. The van der Waals surface area contributed by atoms with E-state index in [-0.39, 0.29) is 5.56 Å². The Bertz CT molecular complexity index is 951. The second kappa shape index (κ2) is 6.69. The van der Waals surface area contributed by atoms with Crippen LogP contribution in [0.3, 0.4) is 0 Å². The summed E-state index contributed by atoms with van der Waals surface area (Å²) >= 11 is 0. The Hall–Kier alpha value is -2.66. The van der Waals surface area contributed by atoms with E-state index < -0.39 is 0 Å². The Balaban J connectivity index is 1.62. The molecule has 1 saturated heterocycles. The highest BCUT2D eigenvalue weighted by atomic mass is 16.5. The summed E-state index contributed by atoms with van der Waals surface area (Å²) in [4.78, 5) is 22.2. The Morgan fingerprint density at radius 2 is 2.12 bits per heavy atom. The molecule has 0 spiro atoms. The zero-order valence-corrected chi connectivity index (χ0v) is 14.2. The molecule has 0 saturated carbocycles. The Morgan fingerprint density at radius 1 is 1.24 bits per heavy atom. The summed E-state index contributed by atoms with van der Waals surface area (Å²) in [6.45, 7) is 1.64. The summed E-state index contributed by atoms with van der Waals surface area (Å²) in [5.74, 6) is 1.60. The quantitative estimate of drug-likeness (QED) is 0.795. The lowest BCUT2D eigenvalue weighted by Crippen LogP contribution is -2.25. The Morgan fingerprint density at radius 3 is 3.00 bits per heavy atom. The standard InChI is InChI=1S/C20H21N3O2/c1-25-15-7-4-6-14(12-15)18-10-5-11-23(18)13-19-21-17-9-3-2-8-16(17)20(24)22-19/h2-4,6-9,12,18H,5,10-11,13H2,1H3,(H,21,22,24)/t18-/m0/s1. The van der Waals surface area contributed by atoms with Crippen molar-refractivity contribution in [2.75, 3.05) is 13.7 Å². The van der Waals surface area contributed by atoms with Crippen LogP contribution < -0.4 is 10.3 Å². The first-order valence-electron chi connectivity index (χ1n) is 8.60. The van der Waals surface area contributed by atoms with Crippen molar-refractivity contribution in [3.05, 3.63) is 70.3 Å². The molecule has 5 heteroatoms. The van der Waals surface area contributed by atoms with Crippen LogP contribution in [0.25, 0.3) is 10.9 Å². The first kappa shape index (κ1) is 15.8. The fraction of sp³-hybridized carbons (Fsp3) is 0.300. The second-order valence-corrected chi connectivity index (χ2v) is 6.43. The molecule has 1 aliphatic rings. The maximum Gasteiger partial charge on any atom is 0.258 e. The molecule has 0 amide bonds. The summed E-state index contributed by atoms with van der Waals surface area (Å²) in [5.41, 5.74) is 1.93. The fourth-order valence-electron chi connectivity index (χ4n) is 3.64. The van der Waals surface area contributed by atoms with Gasteiger partial charge in [-0.15, -0.1) is 0 Å². The molecule has 25 heavy (non-hydrogen) atoms. The highest BCUT2D eigenvalue weighted by Crippen LogP contribution is 2.34. The average Bonchev–Trinajstić information content (AvgIpc) is 3.10. The Labute approximate surface area is 146 Å². The second-order valence-electron chi connectivity index (χ2n) is 6.43. The van der Waals surface area contributed by atoms with Crippen LogP contribution in [0.5, 0.6) is 5.75 Å². The van der Waals surface area contributed by atoms with Crippen LogP contribution in [0.15, 0.2) is 53.3 Å². The van der Waals surface area contributed by atoms with Crippen molar-refractivity contribution >= 4 is 10.9 Å². The van der Waals surface area contributed by atoms with E-state index in [1.165, 1.54) is 5.56 Å². The number of nitrogens with one attached hydrogen (secondary N) is 1. The number of hydrogen-bond acceptors (Lipinski definition) is 4. The molecule has 2 aromatic carbocycles. The highest BCUT2D eigenvalue weighted by Gasteiger charge is 2.27. The Kier molecular flexibility index (Phi) is 4.24. The summed E-state index contributed by atoms with van der Waals surface area (Å²) in [6.07, 6.45) is 2.24. The zero-order chi connectivity index (χ0) is 17.2. The number of aromatic amines is 1. The number of para-hydroxylation sites is 1. The molecule has 128 valence electrons. The van der Waals surface area contributed by atoms with E-state index in [9.17, 15) is 4.79 Å². The molecule has 2 heterocycles. The molecule has 0 unspecified atom stereocenters. The van der Waals surface area contributed by atoms with Gasteiger partial charge in [0, 0.05) is 6.04 Å². The van der Waals surface area contributed by atoms with Crippen LogP contribution >= 0.6 is 0 Å². The van der Waals surface area contributed by atoms with Crippen LogP contribution in [0.1, 0.15) is 30.3 Å². The molecular weight excluding hydrogens is 314 g/mol. The summed E-state index contributed by atoms with van der Waals surface area (Å²) in [7, 11) is 1.69. The number of benzene rings is 2. The van der Waals surface area contributed by atoms with Crippen molar-refractivity contribution in [2.24, 2.45) is 0 Å². The average molecular weight is 335 g/mol. The molecule has 0 bridgehead atoms. The van der Waals surface area contributed by atoms with Crippen molar-refractivity contribution < 1.29 is 4.74 Å². The molecule has 4 rings (SSSR count). The first-order chi connectivity index (χ1) is 12.2. The van der Waals surface area contributed by atoms with Crippen LogP contribution in [0.4, 0.5) is 0 Å². The van der Waals surface area contributed by atoms with Crippen LogP contribution in [-0.2, 0) is 6.54 Å². The number of H-pyrrole nitrogens is 1. The lowest BCUT2D eigenvalue weighted by molar-refractivity contribution is 0.242. The third-order valence-electron chi connectivity index (χ3n) is 4.86. The van der Waals surface area contributed by atoms with Crippen molar-refractivity contribution in [1.29, 1.82) is 0 Å². The van der Waals surface area contributed by atoms with Gasteiger partial charge in [-0.05, 0) is 49.2 Å². The van der Waals surface area contributed by atoms with Crippen molar-refractivity contribution in [3.8, 4) is 5.75 Å². The molecule has 1 N–H and O–H groups in total.